The third-order valence-corrected chi connectivity index (χ3v) is 4.26. The summed E-state index contributed by atoms with van der Waals surface area (Å²) in [5, 5.41) is 9.55. The van der Waals surface area contributed by atoms with E-state index in [0.717, 1.165) is 0 Å². The third kappa shape index (κ3) is 9.57. The van der Waals surface area contributed by atoms with Crippen LogP contribution in [0.2, 0.25) is 0 Å². The number of rotatable bonds is 11. The average molecular weight is 362 g/mol. The number of ether oxygens (including phenoxy) is 3. The normalized spacial score (nSPS) is 12.2. The van der Waals surface area contributed by atoms with Gasteiger partial charge in [-0.2, -0.15) is 11.8 Å². The Bertz CT molecular complexity index is 459. The molecule has 1 N–H and O–H groups in total. The van der Waals surface area contributed by atoms with E-state index in [0.29, 0.717) is 11.5 Å². The van der Waals surface area contributed by atoms with Gasteiger partial charge in [0.2, 0.25) is 0 Å². The first-order valence-electron chi connectivity index (χ1n) is 7.42. The smallest absolute Gasteiger partial charge is 0.333 e. The molecule has 1 atom stereocenters. The molecule has 0 rings (SSSR count). The number of carbonyl (C=O) groups is 3. The first-order chi connectivity index (χ1) is 11.1. The number of thioether (sulfide) groups is 1. The molecule has 138 valence electrons. The number of methoxy groups -OCH3 is 1. The van der Waals surface area contributed by atoms with E-state index in [4.69, 9.17) is 14.2 Å². The van der Waals surface area contributed by atoms with Gasteiger partial charge < -0.3 is 19.3 Å². The van der Waals surface area contributed by atoms with Crippen LogP contribution in [0.15, 0.2) is 12.2 Å². The van der Waals surface area contributed by atoms with Crippen LogP contribution in [-0.2, 0) is 28.6 Å². The molecule has 0 heterocycles. The second-order valence-electron chi connectivity index (χ2n) is 5.89. The third-order valence-electron chi connectivity index (χ3n) is 2.84. The van der Waals surface area contributed by atoms with Gasteiger partial charge in [0.05, 0.1) is 18.9 Å². The lowest BCUT2D eigenvalue weighted by Gasteiger charge is -2.20. The van der Waals surface area contributed by atoms with Gasteiger partial charge >= 0.3 is 17.9 Å². The summed E-state index contributed by atoms with van der Waals surface area (Å²) in [5.41, 5.74) is -0.391. The fraction of sp³-hybridized carbons (Fsp3) is 0.688. The molecule has 0 aromatic rings. The zero-order chi connectivity index (χ0) is 18.8. The molecule has 0 aromatic heterocycles. The van der Waals surface area contributed by atoms with Crippen molar-refractivity contribution in [2.75, 3.05) is 31.8 Å². The van der Waals surface area contributed by atoms with Gasteiger partial charge in [-0.1, -0.05) is 6.58 Å². The number of hydrogen-bond acceptors (Lipinski definition) is 8. The van der Waals surface area contributed by atoms with Crippen LogP contribution in [0.5, 0.6) is 0 Å². The number of carbonyl (C=O) groups excluding carboxylic acids is 3. The van der Waals surface area contributed by atoms with Crippen molar-refractivity contribution in [3.8, 4) is 0 Å². The Morgan fingerprint density at radius 1 is 1.21 bits per heavy atom. The predicted octanol–water partition coefficient (Wildman–Crippen LogP) is 1.33. The highest BCUT2D eigenvalue weighted by atomic mass is 32.2. The van der Waals surface area contributed by atoms with Crippen molar-refractivity contribution in [3.05, 3.63) is 12.2 Å². The number of aliphatic hydroxyl groups is 1. The second-order valence-corrected chi connectivity index (χ2v) is 7.00. The van der Waals surface area contributed by atoms with Crippen LogP contribution in [0.25, 0.3) is 0 Å². The van der Waals surface area contributed by atoms with E-state index in [1.807, 2.05) is 0 Å². The van der Waals surface area contributed by atoms with Crippen LogP contribution < -0.4 is 0 Å². The van der Waals surface area contributed by atoms with Gasteiger partial charge in [0.25, 0.3) is 0 Å². The van der Waals surface area contributed by atoms with Crippen molar-refractivity contribution in [2.24, 2.45) is 5.41 Å². The Labute approximate surface area is 146 Å². The Morgan fingerprint density at radius 3 is 2.33 bits per heavy atom. The summed E-state index contributed by atoms with van der Waals surface area (Å²) in [6.07, 6.45) is -0.927. The monoisotopic (exact) mass is 362 g/mol. The summed E-state index contributed by atoms with van der Waals surface area (Å²) in [6.45, 7) is 7.93. The highest BCUT2D eigenvalue weighted by Gasteiger charge is 2.28. The molecule has 0 aliphatic heterocycles. The summed E-state index contributed by atoms with van der Waals surface area (Å²) in [4.78, 5) is 34.2. The van der Waals surface area contributed by atoms with Crippen LogP contribution in [0.3, 0.4) is 0 Å². The molecule has 0 aromatic carbocycles. The SMILES string of the molecule is C=C(C)C(=O)OCC(O)COC(=O)CCSCC(C)(C)C(=O)OC. The second kappa shape index (κ2) is 11.1. The molecule has 0 aliphatic rings. The standard InChI is InChI=1S/C16H26O7S/c1-11(2)14(19)23-9-12(17)8-22-13(18)6-7-24-10-16(3,4)15(20)21-5/h12,17H,1,6-10H2,2-5H3. The van der Waals surface area contributed by atoms with Gasteiger partial charge in [0, 0.05) is 17.1 Å². The minimum atomic E-state index is -1.08. The van der Waals surface area contributed by atoms with Crippen LogP contribution in [0.4, 0.5) is 0 Å². The summed E-state index contributed by atoms with van der Waals surface area (Å²) < 4.78 is 14.3. The lowest BCUT2D eigenvalue weighted by atomic mass is 9.97. The topological polar surface area (TPSA) is 99.1 Å². The van der Waals surface area contributed by atoms with E-state index in [1.165, 1.54) is 25.8 Å². The van der Waals surface area contributed by atoms with E-state index >= 15 is 0 Å². The lowest BCUT2D eigenvalue weighted by Crippen LogP contribution is -2.28. The van der Waals surface area contributed by atoms with Gasteiger partial charge in [-0.3, -0.25) is 9.59 Å². The quantitative estimate of drug-likeness (QED) is 0.254. The molecule has 0 amide bonds. The molecule has 0 bridgehead atoms. The minimum absolute atomic E-state index is 0.153. The molecule has 7 nitrogen and oxygen atoms in total. The molecule has 1 unspecified atom stereocenters. The van der Waals surface area contributed by atoms with Gasteiger partial charge in [0.1, 0.15) is 19.3 Å². The van der Waals surface area contributed by atoms with Crippen molar-refractivity contribution in [1.29, 1.82) is 0 Å². The zero-order valence-corrected chi connectivity index (χ0v) is 15.4. The van der Waals surface area contributed by atoms with E-state index in [1.54, 1.807) is 13.8 Å². The molecule has 0 aliphatic carbocycles. The average Bonchev–Trinajstić information content (AvgIpc) is 2.53. The molecule has 0 spiro atoms. The van der Waals surface area contributed by atoms with Gasteiger partial charge in [-0.25, -0.2) is 4.79 Å². The highest BCUT2D eigenvalue weighted by molar-refractivity contribution is 7.99. The van der Waals surface area contributed by atoms with E-state index < -0.39 is 23.5 Å². The summed E-state index contributed by atoms with van der Waals surface area (Å²) in [6, 6.07) is 0. The number of esters is 3. The summed E-state index contributed by atoms with van der Waals surface area (Å²) in [7, 11) is 1.34. The van der Waals surface area contributed by atoms with E-state index in [2.05, 4.69) is 6.58 Å². The summed E-state index contributed by atoms with van der Waals surface area (Å²) in [5.74, 6) is -0.370. The summed E-state index contributed by atoms with van der Waals surface area (Å²) >= 11 is 1.44. The Hall–Kier alpha value is -1.54. The van der Waals surface area contributed by atoms with Crippen LogP contribution >= 0.6 is 11.8 Å². The maximum absolute atomic E-state index is 11.5. The van der Waals surface area contributed by atoms with Crippen LogP contribution in [-0.4, -0.2) is 60.9 Å². The molecular weight excluding hydrogens is 336 g/mol. The Balaban J connectivity index is 3.85. The van der Waals surface area contributed by atoms with Gasteiger partial charge in [-0.15, -0.1) is 0 Å². The van der Waals surface area contributed by atoms with Crippen molar-refractivity contribution < 1.29 is 33.7 Å². The molecule has 0 radical (unpaired) electrons. The minimum Gasteiger partial charge on any atom is -0.469 e. The lowest BCUT2D eigenvalue weighted by molar-refractivity contribution is -0.150. The van der Waals surface area contributed by atoms with Crippen molar-refractivity contribution in [3.63, 3.8) is 0 Å². The molecule has 8 heteroatoms. The maximum atomic E-state index is 11.5. The molecular formula is C16H26O7S. The Kier molecular flexibility index (Phi) is 10.4. The fourth-order valence-electron chi connectivity index (χ4n) is 1.42. The molecule has 0 saturated carbocycles. The number of hydrogen-bond donors (Lipinski definition) is 1. The fourth-order valence-corrected chi connectivity index (χ4v) is 2.51. The molecule has 0 saturated heterocycles. The first kappa shape index (κ1) is 22.5. The van der Waals surface area contributed by atoms with Gasteiger partial charge in [0.15, 0.2) is 0 Å². The van der Waals surface area contributed by atoms with Crippen molar-refractivity contribution >= 4 is 29.7 Å². The molecule has 0 fully saturated rings. The highest BCUT2D eigenvalue weighted by Crippen LogP contribution is 2.23. The van der Waals surface area contributed by atoms with Gasteiger partial charge in [-0.05, 0) is 20.8 Å². The maximum Gasteiger partial charge on any atom is 0.333 e. The number of aliphatic hydroxyl groups excluding tert-OH is 1. The van der Waals surface area contributed by atoms with E-state index in [9.17, 15) is 19.5 Å². The predicted molar refractivity (Wildman–Crippen MR) is 90.5 cm³/mol. The first-order valence-corrected chi connectivity index (χ1v) is 8.58. The van der Waals surface area contributed by atoms with Crippen LogP contribution in [0.1, 0.15) is 27.2 Å². The Morgan fingerprint density at radius 2 is 1.79 bits per heavy atom. The van der Waals surface area contributed by atoms with Crippen molar-refractivity contribution in [1.82, 2.24) is 0 Å². The zero-order valence-electron chi connectivity index (χ0n) is 14.6. The van der Waals surface area contributed by atoms with Crippen LogP contribution in [0, 0.1) is 5.41 Å². The van der Waals surface area contributed by atoms with Crippen molar-refractivity contribution in [2.45, 2.75) is 33.3 Å². The van der Waals surface area contributed by atoms with E-state index in [-0.39, 0.29) is 31.2 Å². The molecule has 24 heavy (non-hydrogen) atoms. The largest absolute Gasteiger partial charge is 0.469 e.